The van der Waals surface area contributed by atoms with Crippen molar-refractivity contribution in [2.45, 2.75) is 25.4 Å². The van der Waals surface area contributed by atoms with E-state index in [0.29, 0.717) is 11.1 Å². The van der Waals surface area contributed by atoms with Crippen LogP contribution in [0.25, 0.3) is 0 Å². The molecule has 114 valence electrons. The third kappa shape index (κ3) is 3.40. The zero-order valence-corrected chi connectivity index (χ0v) is 12.6. The first kappa shape index (κ1) is 15.9. The van der Waals surface area contributed by atoms with Crippen molar-refractivity contribution in [1.82, 2.24) is 5.43 Å². The Balaban J connectivity index is 2.36. The van der Waals surface area contributed by atoms with E-state index in [4.69, 9.17) is 0 Å². The summed E-state index contributed by atoms with van der Waals surface area (Å²) in [6, 6.07) is 17.7. The maximum atomic E-state index is 12.6. The van der Waals surface area contributed by atoms with Crippen molar-refractivity contribution in [2.24, 2.45) is 5.10 Å². The number of rotatable bonds is 6. The van der Waals surface area contributed by atoms with Crippen molar-refractivity contribution in [3.63, 3.8) is 0 Å². The molecule has 1 amide bonds. The number of aliphatic hydroxyl groups is 1. The van der Waals surface area contributed by atoms with E-state index in [1.807, 2.05) is 19.1 Å². The fraction of sp³-hybridized carbons (Fsp3) is 0.222. The molecule has 0 bridgehead atoms. The maximum absolute atomic E-state index is 12.6. The van der Waals surface area contributed by atoms with Crippen LogP contribution in [0.4, 0.5) is 0 Å². The van der Waals surface area contributed by atoms with Crippen LogP contribution < -0.4 is 5.43 Å². The van der Waals surface area contributed by atoms with Gasteiger partial charge in [0.2, 0.25) is 0 Å². The van der Waals surface area contributed by atoms with Crippen molar-refractivity contribution in [3.8, 4) is 0 Å². The molecule has 2 N–H and O–H groups in total. The standard InChI is InChI=1S/C18H20N2O2/c1-2-3-14-19-20-17(21)18(22,15-10-6-4-7-11-15)16-12-8-5-9-13-16/h4-14,22H,2-3H2,1H3,(H,20,21). The zero-order chi connectivity index (χ0) is 15.8. The van der Waals surface area contributed by atoms with Crippen LogP contribution in [0, 0.1) is 0 Å². The topological polar surface area (TPSA) is 61.7 Å². The number of benzene rings is 2. The second-order valence-electron chi connectivity index (χ2n) is 4.98. The van der Waals surface area contributed by atoms with Gasteiger partial charge in [-0.2, -0.15) is 5.10 Å². The van der Waals surface area contributed by atoms with Gasteiger partial charge in [-0.15, -0.1) is 0 Å². The van der Waals surface area contributed by atoms with Gasteiger partial charge in [-0.1, -0.05) is 74.0 Å². The molecule has 0 saturated carbocycles. The first-order valence-electron chi connectivity index (χ1n) is 7.35. The highest BCUT2D eigenvalue weighted by Crippen LogP contribution is 2.29. The van der Waals surface area contributed by atoms with Crippen LogP contribution >= 0.6 is 0 Å². The average Bonchev–Trinajstić information content (AvgIpc) is 2.59. The quantitative estimate of drug-likeness (QED) is 0.636. The Labute approximate surface area is 130 Å². The van der Waals surface area contributed by atoms with E-state index in [-0.39, 0.29) is 0 Å². The Bertz CT molecular complexity index is 585. The molecule has 2 rings (SSSR count). The fourth-order valence-corrected chi connectivity index (χ4v) is 2.17. The van der Waals surface area contributed by atoms with Crippen LogP contribution in [0.1, 0.15) is 30.9 Å². The number of unbranched alkanes of at least 4 members (excludes halogenated alkanes) is 1. The molecule has 0 saturated heterocycles. The third-order valence-electron chi connectivity index (χ3n) is 3.39. The highest BCUT2D eigenvalue weighted by molar-refractivity contribution is 5.90. The number of nitrogens with zero attached hydrogens (tertiary/aromatic N) is 1. The molecule has 0 heterocycles. The molecule has 0 spiro atoms. The molecule has 4 nitrogen and oxygen atoms in total. The summed E-state index contributed by atoms with van der Waals surface area (Å²) < 4.78 is 0. The largest absolute Gasteiger partial charge is 0.372 e. The van der Waals surface area contributed by atoms with Gasteiger partial charge in [0.25, 0.3) is 5.91 Å². The van der Waals surface area contributed by atoms with Crippen molar-refractivity contribution < 1.29 is 9.90 Å². The van der Waals surface area contributed by atoms with Gasteiger partial charge < -0.3 is 5.11 Å². The summed E-state index contributed by atoms with van der Waals surface area (Å²) in [6.07, 6.45) is 3.35. The van der Waals surface area contributed by atoms with Gasteiger partial charge >= 0.3 is 0 Å². The number of carbonyl (C=O) groups is 1. The maximum Gasteiger partial charge on any atom is 0.281 e. The highest BCUT2D eigenvalue weighted by Gasteiger charge is 2.39. The Morgan fingerprint density at radius 3 is 2.05 bits per heavy atom. The lowest BCUT2D eigenvalue weighted by atomic mass is 9.85. The van der Waals surface area contributed by atoms with Gasteiger partial charge in [-0.05, 0) is 17.5 Å². The van der Waals surface area contributed by atoms with Crippen molar-refractivity contribution in [2.75, 3.05) is 0 Å². The van der Waals surface area contributed by atoms with Crippen LogP contribution in [0.2, 0.25) is 0 Å². The van der Waals surface area contributed by atoms with Gasteiger partial charge in [0.05, 0.1) is 0 Å². The first-order valence-corrected chi connectivity index (χ1v) is 7.35. The molecule has 0 atom stereocenters. The lowest BCUT2D eigenvalue weighted by Gasteiger charge is -2.27. The van der Waals surface area contributed by atoms with E-state index in [0.717, 1.165) is 12.8 Å². The number of hydrazone groups is 1. The zero-order valence-electron chi connectivity index (χ0n) is 12.6. The lowest BCUT2D eigenvalue weighted by molar-refractivity contribution is -0.136. The van der Waals surface area contributed by atoms with E-state index in [1.165, 1.54) is 0 Å². The number of carbonyl (C=O) groups excluding carboxylic acids is 1. The van der Waals surface area contributed by atoms with Gasteiger partial charge in [0, 0.05) is 6.21 Å². The molecule has 2 aromatic rings. The summed E-state index contributed by atoms with van der Waals surface area (Å²) in [5, 5.41) is 15.0. The molecule has 0 aliphatic heterocycles. The van der Waals surface area contributed by atoms with E-state index >= 15 is 0 Å². The number of hydrogen-bond donors (Lipinski definition) is 2. The summed E-state index contributed by atoms with van der Waals surface area (Å²) in [6.45, 7) is 2.03. The van der Waals surface area contributed by atoms with E-state index in [1.54, 1.807) is 54.7 Å². The summed E-state index contributed by atoms with van der Waals surface area (Å²) in [7, 11) is 0. The molecule has 0 radical (unpaired) electrons. The van der Waals surface area contributed by atoms with Crippen molar-refractivity contribution in [1.29, 1.82) is 0 Å². The van der Waals surface area contributed by atoms with Crippen LogP contribution in [0.15, 0.2) is 65.8 Å². The molecule has 0 aliphatic rings. The Kier molecular flexibility index (Phi) is 5.44. The summed E-state index contributed by atoms with van der Waals surface area (Å²) in [5.74, 6) is -0.572. The van der Waals surface area contributed by atoms with E-state index < -0.39 is 11.5 Å². The predicted molar refractivity (Wildman–Crippen MR) is 87.4 cm³/mol. The van der Waals surface area contributed by atoms with E-state index in [2.05, 4.69) is 10.5 Å². The number of nitrogens with one attached hydrogen (secondary N) is 1. The number of amides is 1. The molecule has 0 aliphatic carbocycles. The van der Waals surface area contributed by atoms with Crippen LogP contribution in [-0.4, -0.2) is 17.2 Å². The van der Waals surface area contributed by atoms with Crippen LogP contribution in [0.5, 0.6) is 0 Å². The summed E-state index contributed by atoms with van der Waals surface area (Å²) in [5.41, 5.74) is 1.67. The molecular formula is C18H20N2O2. The molecular weight excluding hydrogens is 276 g/mol. The molecule has 0 aromatic heterocycles. The smallest absolute Gasteiger partial charge is 0.281 e. The van der Waals surface area contributed by atoms with Crippen molar-refractivity contribution in [3.05, 3.63) is 71.8 Å². The highest BCUT2D eigenvalue weighted by atomic mass is 16.3. The second-order valence-corrected chi connectivity index (χ2v) is 4.98. The SMILES string of the molecule is CCCC=NNC(=O)C(O)(c1ccccc1)c1ccccc1. The van der Waals surface area contributed by atoms with E-state index in [9.17, 15) is 9.90 Å². The summed E-state index contributed by atoms with van der Waals surface area (Å²) in [4.78, 5) is 12.6. The Morgan fingerprint density at radius 2 is 1.59 bits per heavy atom. The average molecular weight is 296 g/mol. The minimum atomic E-state index is -1.77. The second kappa shape index (κ2) is 7.52. The van der Waals surface area contributed by atoms with Crippen LogP contribution in [-0.2, 0) is 10.4 Å². The lowest BCUT2D eigenvalue weighted by Crippen LogP contribution is -2.43. The molecule has 0 fully saturated rings. The predicted octanol–water partition coefficient (Wildman–Crippen LogP) is 2.82. The monoisotopic (exact) mass is 296 g/mol. The third-order valence-corrected chi connectivity index (χ3v) is 3.39. The molecule has 2 aromatic carbocycles. The normalized spacial score (nSPS) is 11.5. The fourth-order valence-electron chi connectivity index (χ4n) is 2.17. The minimum absolute atomic E-state index is 0.504. The summed E-state index contributed by atoms with van der Waals surface area (Å²) >= 11 is 0. The van der Waals surface area contributed by atoms with Gasteiger partial charge in [-0.25, -0.2) is 5.43 Å². The van der Waals surface area contributed by atoms with Gasteiger partial charge in [-0.3, -0.25) is 4.79 Å². The van der Waals surface area contributed by atoms with Crippen LogP contribution in [0.3, 0.4) is 0 Å². The minimum Gasteiger partial charge on any atom is -0.372 e. The van der Waals surface area contributed by atoms with Crippen molar-refractivity contribution >= 4 is 12.1 Å². The Morgan fingerprint density at radius 1 is 1.09 bits per heavy atom. The van der Waals surface area contributed by atoms with Gasteiger partial charge in [0.15, 0.2) is 5.60 Å². The first-order chi connectivity index (χ1) is 10.7. The number of hydrogen-bond acceptors (Lipinski definition) is 3. The molecule has 4 heteroatoms. The Hall–Kier alpha value is -2.46. The van der Waals surface area contributed by atoms with Gasteiger partial charge in [0.1, 0.15) is 0 Å². The molecule has 22 heavy (non-hydrogen) atoms. The molecule has 0 unspecified atom stereocenters.